The number of nitrogens with one attached hydrogen (secondary N) is 1. The second-order valence-corrected chi connectivity index (χ2v) is 8.20. The molecule has 6 heteroatoms. The molecule has 2 aromatic rings. The molecule has 0 amide bonds. The van der Waals surface area contributed by atoms with Crippen molar-refractivity contribution in [3.8, 4) is 0 Å². The maximum Gasteiger partial charge on any atom is 0.181 e. The van der Waals surface area contributed by atoms with Crippen molar-refractivity contribution in [2.45, 2.75) is 56.4 Å². The van der Waals surface area contributed by atoms with Gasteiger partial charge in [0.25, 0.3) is 0 Å². The van der Waals surface area contributed by atoms with Crippen LogP contribution in [-0.2, 0) is 0 Å². The van der Waals surface area contributed by atoms with Crippen LogP contribution in [0.5, 0.6) is 0 Å². The van der Waals surface area contributed by atoms with Crippen molar-refractivity contribution in [3.63, 3.8) is 0 Å². The van der Waals surface area contributed by atoms with Crippen molar-refractivity contribution >= 4 is 22.9 Å². The first-order valence-electron chi connectivity index (χ1n) is 7.51. The Morgan fingerprint density at radius 2 is 2.05 bits per heavy atom. The van der Waals surface area contributed by atoms with E-state index in [4.69, 9.17) is 5.73 Å². The molecule has 1 aliphatic carbocycles. The maximum absolute atomic E-state index is 6.36. The third-order valence-electron chi connectivity index (χ3n) is 4.52. The highest BCUT2D eigenvalue weighted by Gasteiger charge is 2.35. The Morgan fingerprint density at radius 1 is 1.24 bits per heavy atom. The molecule has 21 heavy (non-hydrogen) atoms. The van der Waals surface area contributed by atoms with Crippen LogP contribution >= 0.6 is 11.8 Å². The van der Waals surface area contributed by atoms with Gasteiger partial charge in [0.2, 0.25) is 0 Å². The minimum Gasteiger partial charge on any atom is -0.341 e. The lowest BCUT2D eigenvalue weighted by molar-refractivity contribution is 0.174. The quantitative estimate of drug-likeness (QED) is 0.834. The molecule has 114 valence electrons. The van der Waals surface area contributed by atoms with Crippen LogP contribution in [0, 0.1) is 11.3 Å². The average molecular weight is 305 g/mol. The van der Waals surface area contributed by atoms with E-state index in [1.54, 1.807) is 24.4 Å². The van der Waals surface area contributed by atoms with Gasteiger partial charge >= 0.3 is 0 Å². The Balaban J connectivity index is 1.81. The smallest absolute Gasteiger partial charge is 0.181 e. The lowest BCUT2D eigenvalue weighted by atomic mass is 9.71. The fourth-order valence-corrected chi connectivity index (χ4v) is 4.35. The van der Waals surface area contributed by atoms with Gasteiger partial charge in [-0.1, -0.05) is 32.5 Å². The molecule has 3 unspecified atom stereocenters. The van der Waals surface area contributed by atoms with Gasteiger partial charge in [0.1, 0.15) is 16.9 Å². The number of hydrogen-bond donors (Lipinski definition) is 2. The molecule has 1 saturated carbocycles. The van der Waals surface area contributed by atoms with Crippen LogP contribution in [0.1, 0.15) is 40.0 Å². The number of nitrogens with zero attached hydrogens (tertiary/aromatic N) is 3. The minimum absolute atomic E-state index is 0.238. The zero-order valence-electron chi connectivity index (χ0n) is 12.8. The number of nitrogens with two attached hydrogens (primary N) is 1. The Hall–Kier alpha value is -1.14. The summed E-state index contributed by atoms with van der Waals surface area (Å²) >= 11 is 1.78. The molecule has 0 aromatic carbocycles. The van der Waals surface area contributed by atoms with Crippen LogP contribution in [0.25, 0.3) is 11.2 Å². The summed E-state index contributed by atoms with van der Waals surface area (Å²) in [6, 6.07) is 0.238. The highest BCUT2D eigenvalue weighted by atomic mass is 32.2. The highest BCUT2D eigenvalue weighted by Crippen LogP contribution is 2.43. The number of H-pyrrole nitrogens is 1. The van der Waals surface area contributed by atoms with Gasteiger partial charge < -0.3 is 10.7 Å². The van der Waals surface area contributed by atoms with Gasteiger partial charge in [-0.3, -0.25) is 0 Å². The standard InChI is InChI=1S/C15H23N5S/c1-15(2,3)9-4-5-10(16)11(6-9)21-14-12-13(18-7-17-12)19-8-20-14/h7-11H,4-6,16H2,1-3H3,(H,17,18,19,20). The first-order chi connectivity index (χ1) is 9.95. The van der Waals surface area contributed by atoms with E-state index >= 15 is 0 Å². The fraction of sp³-hybridized carbons (Fsp3) is 0.667. The van der Waals surface area contributed by atoms with E-state index in [1.807, 2.05) is 0 Å². The van der Waals surface area contributed by atoms with Crippen molar-refractivity contribution in [3.05, 3.63) is 12.7 Å². The lowest BCUT2D eigenvalue weighted by Crippen LogP contribution is -2.41. The van der Waals surface area contributed by atoms with Gasteiger partial charge in [0.05, 0.1) is 6.33 Å². The van der Waals surface area contributed by atoms with Crippen molar-refractivity contribution in [1.82, 2.24) is 19.9 Å². The Bertz CT molecular complexity index is 618. The van der Waals surface area contributed by atoms with Gasteiger partial charge in [0.15, 0.2) is 5.65 Å². The van der Waals surface area contributed by atoms with Crippen LogP contribution in [-0.4, -0.2) is 31.2 Å². The molecule has 1 aliphatic rings. The third kappa shape index (κ3) is 3.06. The van der Waals surface area contributed by atoms with Crippen LogP contribution in [0.15, 0.2) is 17.7 Å². The lowest BCUT2D eigenvalue weighted by Gasteiger charge is -2.40. The predicted octanol–water partition coefficient (Wildman–Crippen LogP) is 2.99. The van der Waals surface area contributed by atoms with E-state index in [0.717, 1.165) is 29.0 Å². The number of rotatable bonds is 2. The molecule has 5 nitrogen and oxygen atoms in total. The SMILES string of the molecule is CC(C)(C)C1CCC(N)C(Sc2ncnc3nc[nH]c23)C1. The molecular weight excluding hydrogens is 282 g/mol. The van der Waals surface area contributed by atoms with Gasteiger partial charge in [0, 0.05) is 11.3 Å². The van der Waals surface area contributed by atoms with Gasteiger partial charge in [-0.05, 0) is 30.6 Å². The van der Waals surface area contributed by atoms with E-state index in [0.29, 0.717) is 16.6 Å². The van der Waals surface area contributed by atoms with E-state index < -0.39 is 0 Å². The molecule has 3 N–H and O–H groups in total. The molecule has 2 aromatic heterocycles. The van der Waals surface area contributed by atoms with E-state index in [2.05, 4.69) is 40.7 Å². The van der Waals surface area contributed by atoms with Gasteiger partial charge in [-0.2, -0.15) is 0 Å². The molecule has 2 heterocycles. The Labute approximate surface area is 129 Å². The van der Waals surface area contributed by atoms with Crippen molar-refractivity contribution in [1.29, 1.82) is 0 Å². The number of fused-ring (bicyclic) bond motifs is 1. The van der Waals surface area contributed by atoms with Gasteiger partial charge in [-0.25, -0.2) is 15.0 Å². The van der Waals surface area contributed by atoms with E-state index in [9.17, 15) is 0 Å². The maximum atomic E-state index is 6.36. The Morgan fingerprint density at radius 3 is 2.81 bits per heavy atom. The summed E-state index contributed by atoms with van der Waals surface area (Å²) in [6.07, 6.45) is 6.72. The molecule has 0 saturated heterocycles. The number of imidazole rings is 1. The summed E-state index contributed by atoms with van der Waals surface area (Å²) in [6.45, 7) is 6.98. The number of aromatic nitrogens is 4. The first kappa shape index (κ1) is 14.8. The summed E-state index contributed by atoms with van der Waals surface area (Å²) in [5, 5.41) is 1.37. The monoisotopic (exact) mass is 305 g/mol. The highest BCUT2D eigenvalue weighted by molar-refractivity contribution is 8.00. The molecule has 3 rings (SSSR count). The molecule has 0 aliphatic heterocycles. The van der Waals surface area contributed by atoms with Crippen molar-refractivity contribution in [2.75, 3.05) is 0 Å². The summed E-state index contributed by atoms with van der Waals surface area (Å²) in [5.41, 5.74) is 8.35. The van der Waals surface area contributed by atoms with Crippen LogP contribution in [0.4, 0.5) is 0 Å². The first-order valence-corrected chi connectivity index (χ1v) is 8.39. The average Bonchev–Trinajstić information content (AvgIpc) is 2.89. The molecule has 3 atom stereocenters. The molecule has 0 bridgehead atoms. The van der Waals surface area contributed by atoms with Gasteiger partial charge in [-0.15, -0.1) is 0 Å². The summed E-state index contributed by atoms with van der Waals surface area (Å²) in [5.74, 6) is 0.717. The van der Waals surface area contributed by atoms with Crippen molar-refractivity contribution < 1.29 is 0 Å². The van der Waals surface area contributed by atoms with Crippen LogP contribution < -0.4 is 5.73 Å². The number of thioether (sulfide) groups is 1. The zero-order valence-corrected chi connectivity index (χ0v) is 13.7. The zero-order chi connectivity index (χ0) is 15.0. The van der Waals surface area contributed by atoms with Crippen LogP contribution in [0.3, 0.4) is 0 Å². The normalized spacial score (nSPS) is 27.1. The summed E-state index contributed by atoms with van der Waals surface area (Å²) < 4.78 is 0. The summed E-state index contributed by atoms with van der Waals surface area (Å²) in [7, 11) is 0. The second kappa shape index (κ2) is 5.57. The minimum atomic E-state index is 0.238. The second-order valence-electron chi connectivity index (χ2n) is 6.98. The van der Waals surface area contributed by atoms with E-state index in [-0.39, 0.29) is 6.04 Å². The van der Waals surface area contributed by atoms with E-state index in [1.165, 1.54) is 6.42 Å². The topological polar surface area (TPSA) is 80.5 Å². The predicted molar refractivity (Wildman–Crippen MR) is 86.1 cm³/mol. The molecule has 1 fully saturated rings. The van der Waals surface area contributed by atoms with Crippen molar-refractivity contribution in [2.24, 2.45) is 17.1 Å². The molecule has 0 radical (unpaired) electrons. The van der Waals surface area contributed by atoms with Crippen LogP contribution in [0.2, 0.25) is 0 Å². The fourth-order valence-electron chi connectivity index (χ4n) is 3.05. The summed E-state index contributed by atoms with van der Waals surface area (Å²) in [4.78, 5) is 15.9. The molecular formula is C15H23N5S. The number of hydrogen-bond acceptors (Lipinski definition) is 5. The number of aromatic amines is 1. The molecule has 0 spiro atoms. The third-order valence-corrected chi connectivity index (χ3v) is 5.90. The Kier molecular flexibility index (Phi) is 3.92. The largest absolute Gasteiger partial charge is 0.341 e.